The first kappa shape index (κ1) is 17.5. The van der Waals surface area contributed by atoms with Gasteiger partial charge in [0.1, 0.15) is 5.69 Å². The Balaban J connectivity index is 1.95. The molecule has 5 nitrogen and oxygen atoms in total. The van der Waals surface area contributed by atoms with Gasteiger partial charge in [0.15, 0.2) is 0 Å². The number of likely N-dealkylation sites (tertiary alicyclic amines) is 1. The number of nitrogens with zero attached hydrogens (tertiary/aromatic N) is 3. The third-order valence-electron chi connectivity index (χ3n) is 4.36. The number of amides is 1. The Kier molecular flexibility index (Phi) is 4.32. The summed E-state index contributed by atoms with van der Waals surface area (Å²) in [4.78, 5) is 14.2. The van der Waals surface area contributed by atoms with Gasteiger partial charge >= 0.3 is 6.18 Å². The quantitative estimate of drug-likeness (QED) is 0.903. The number of aliphatic hydroxyl groups excluding tert-OH is 1. The molecule has 1 aliphatic rings. The van der Waals surface area contributed by atoms with Gasteiger partial charge in [-0.15, -0.1) is 0 Å². The Morgan fingerprint density at radius 3 is 2.64 bits per heavy atom. The molecule has 134 valence electrons. The monoisotopic (exact) mass is 353 g/mol. The Hall–Kier alpha value is -2.35. The van der Waals surface area contributed by atoms with Crippen molar-refractivity contribution in [2.45, 2.75) is 31.7 Å². The number of carbonyl (C=O) groups is 1. The molecule has 2 heterocycles. The van der Waals surface area contributed by atoms with E-state index in [0.717, 1.165) is 12.1 Å². The van der Waals surface area contributed by atoms with Gasteiger partial charge in [0, 0.05) is 13.6 Å². The van der Waals surface area contributed by atoms with Crippen molar-refractivity contribution in [3.05, 3.63) is 52.8 Å². The van der Waals surface area contributed by atoms with Crippen molar-refractivity contribution < 1.29 is 23.1 Å². The molecule has 0 aliphatic carbocycles. The maximum atomic E-state index is 13.0. The Labute approximate surface area is 142 Å². The van der Waals surface area contributed by atoms with Crippen molar-refractivity contribution in [1.82, 2.24) is 14.7 Å². The molecule has 0 spiro atoms. The van der Waals surface area contributed by atoms with Crippen molar-refractivity contribution in [1.29, 1.82) is 0 Å². The van der Waals surface area contributed by atoms with Gasteiger partial charge in [0.05, 0.1) is 23.4 Å². The number of aromatic nitrogens is 2. The van der Waals surface area contributed by atoms with E-state index in [2.05, 4.69) is 5.10 Å². The smallest absolute Gasteiger partial charge is 0.391 e. The Bertz CT molecular complexity index is 801. The molecule has 1 aromatic carbocycles. The van der Waals surface area contributed by atoms with Gasteiger partial charge in [0.2, 0.25) is 0 Å². The highest BCUT2D eigenvalue weighted by Gasteiger charge is 2.38. The van der Waals surface area contributed by atoms with Gasteiger partial charge in [-0.25, -0.2) is 0 Å². The van der Waals surface area contributed by atoms with Crippen molar-refractivity contribution in [2.75, 3.05) is 6.54 Å². The van der Waals surface area contributed by atoms with Crippen LogP contribution in [0.4, 0.5) is 13.2 Å². The van der Waals surface area contributed by atoms with Crippen LogP contribution in [0, 0.1) is 6.92 Å². The van der Waals surface area contributed by atoms with Crippen LogP contribution in [0.3, 0.4) is 0 Å². The first-order valence-electron chi connectivity index (χ1n) is 7.83. The highest BCUT2D eigenvalue weighted by molar-refractivity contribution is 5.93. The highest BCUT2D eigenvalue weighted by Crippen LogP contribution is 2.36. The average molecular weight is 353 g/mol. The fourth-order valence-electron chi connectivity index (χ4n) is 3.23. The van der Waals surface area contributed by atoms with Crippen LogP contribution < -0.4 is 0 Å². The minimum absolute atomic E-state index is 0.0734. The SMILES string of the molecule is Cc1cc(C(=O)N2C[C@@H](O)C[C@H]2c2cccc(C(F)(F)F)c2)n(C)n1. The third-order valence-corrected chi connectivity index (χ3v) is 4.36. The lowest BCUT2D eigenvalue weighted by Crippen LogP contribution is -2.33. The number of halogens is 3. The zero-order valence-electron chi connectivity index (χ0n) is 13.8. The summed E-state index contributed by atoms with van der Waals surface area (Å²) in [5, 5.41) is 14.1. The van der Waals surface area contributed by atoms with Gasteiger partial charge < -0.3 is 10.0 Å². The summed E-state index contributed by atoms with van der Waals surface area (Å²) < 4.78 is 40.3. The lowest BCUT2D eigenvalue weighted by Gasteiger charge is -2.25. The molecule has 0 bridgehead atoms. The van der Waals surface area contributed by atoms with E-state index < -0.39 is 23.9 Å². The summed E-state index contributed by atoms with van der Waals surface area (Å²) in [7, 11) is 1.63. The van der Waals surface area contributed by atoms with Crippen LogP contribution in [-0.4, -0.2) is 38.3 Å². The second-order valence-corrected chi connectivity index (χ2v) is 6.28. The van der Waals surface area contributed by atoms with Crippen molar-refractivity contribution >= 4 is 5.91 Å². The number of rotatable bonds is 2. The molecule has 0 unspecified atom stereocenters. The lowest BCUT2D eigenvalue weighted by atomic mass is 10.0. The lowest BCUT2D eigenvalue weighted by molar-refractivity contribution is -0.137. The van der Waals surface area contributed by atoms with Crippen LogP contribution in [0.15, 0.2) is 30.3 Å². The van der Waals surface area contributed by atoms with Crippen LogP contribution in [0.2, 0.25) is 0 Å². The van der Waals surface area contributed by atoms with E-state index in [1.807, 2.05) is 0 Å². The minimum atomic E-state index is -4.46. The molecule has 0 saturated carbocycles. The molecule has 1 saturated heterocycles. The van der Waals surface area contributed by atoms with E-state index in [4.69, 9.17) is 0 Å². The van der Waals surface area contributed by atoms with Gasteiger partial charge in [-0.1, -0.05) is 12.1 Å². The molecule has 3 rings (SSSR count). The number of alkyl halides is 3. The maximum Gasteiger partial charge on any atom is 0.416 e. The number of aryl methyl sites for hydroxylation is 2. The zero-order valence-corrected chi connectivity index (χ0v) is 13.8. The summed E-state index contributed by atoms with van der Waals surface area (Å²) >= 11 is 0. The summed E-state index contributed by atoms with van der Waals surface area (Å²) in [5.41, 5.74) is 0.596. The molecule has 2 atom stereocenters. The molecule has 8 heteroatoms. The van der Waals surface area contributed by atoms with Gasteiger partial charge in [-0.2, -0.15) is 18.3 Å². The van der Waals surface area contributed by atoms with E-state index in [0.29, 0.717) is 17.0 Å². The number of hydrogen-bond donors (Lipinski definition) is 1. The molecule has 1 fully saturated rings. The highest BCUT2D eigenvalue weighted by atomic mass is 19.4. The second-order valence-electron chi connectivity index (χ2n) is 6.28. The molecule has 0 radical (unpaired) electrons. The van der Waals surface area contributed by atoms with Gasteiger partial charge in [-0.05, 0) is 37.1 Å². The van der Waals surface area contributed by atoms with Gasteiger partial charge in [0.25, 0.3) is 5.91 Å². The van der Waals surface area contributed by atoms with Gasteiger partial charge in [-0.3, -0.25) is 9.48 Å². The summed E-state index contributed by atoms with van der Waals surface area (Å²) in [6.07, 6.45) is -5.04. The van der Waals surface area contributed by atoms with E-state index >= 15 is 0 Å². The third kappa shape index (κ3) is 3.39. The predicted molar refractivity (Wildman–Crippen MR) is 83.8 cm³/mol. The van der Waals surface area contributed by atoms with Crippen LogP contribution in [0.25, 0.3) is 0 Å². The summed E-state index contributed by atoms with van der Waals surface area (Å²) in [6, 6.07) is 5.91. The van der Waals surface area contributed by atoms with Crippen LogP contribution in [0.5, 0.6) is 0 Å². The fourth-order valence-corrected chi connectivity index (χ4v) is 3.23. The van der Waals surface area contributed by atoms with Crippen molar-refractivity contribution in [2.24, 2.45) is 7.05 Å². The minimum Gasteiger partial charge on any atom is -0.391 e. The zero-order chi connectivity index (χ0) is 18.4. The maximum absolute atomic E-state index is 13.0. The normalized spacial score (nSPS) is 21.0. The molecule has 1 aromatic heterocycles. The molecule has 25 heavy (non-hydrogen) atoms. The Morgan fingerprint density at radius 1 is 1.32 bits per heavy atom. The second kappa shape index (κ2) is 6.18. The van der Waals surface area contributed by atoms with Crippen molar-refractivity contribution in [3.8, 4) is 0 Å². The first-order valence-corrected chi connectivity index (χ1v) is 7.83. The number of hydrogen-bond acceptors (Lipinski definition) is 3. The van der Waals surface area contributed by atoms with Crippen LogP contribution in [-0.2, 0) is 13.2 Å². The number of carbonyl (C=O) groups excluding carboxylic acids is 1. The number of β-amino-alcohol motifs (C(OH)–C–C–N with tert-alkyl or cyclic N) is 1. The van der Waals surface area contributed by atoms with E-state index in [1.54, 1.807) is 26.1 Å². The topological polar surface area (TPSA) is 58.4 Å². The van der Waals surface area contributed by atoms with Crippen molar-refractivity contribution in [3.63, 3.8) is 0 Å². The van der Waals surface area contributed by atoms with Crippen LogP contribution in [0.1, 0.15) is 39.8 Å². The number of aliphatic hydroxyl groups is 1. The average Bonchev–Trinajstić information content (AvgIpc) is 3.08. The summed E-state index contributed by atoms with van der Waals surface area (Å²) in [5.74, 6) is -0.359. The molecule has 1 N–H and O–H groups in total. The molecule has 1 aliphatic heterocycles. The predicted octanol–water partition coefficient (Wildman–Crippen LogP) is 2.70. The molecular weight excluding hydrogens is 335 g/mol. The first-order chi connectivity index (χ1) is 11.7. The Morgan fingerprint density at radius 2 is 2.04 bits per heavy atom. The summed E-state index contributed by atoms with van der Waals surface area (Å²) in [6.45, 7) is 1.82. The fraction of sp³-hybridized carbons (Fsp3) is 0.412. The molecule has 2 aromatic rings. The van der Waals surface area contributed by atoms with E-state index in [9.17, 15) is 23.1 Å². The molecular formula is C17H18F3N3O2. The number of benzene rings is 1. The largest absolute Gasteiger partial charge is 0.416 e. The van der Waals surface area contributed by atoms with Crippen LogP contribution >= 0.6 is 0 Å². The molecule has 1 amide bonds. The van der Waals surface area contributed by atoms with E-state index in [-0.39, 0.29) is 18.9 Å². The van der Waals surface area contributed by atoms with E-state index in [1.165, 1.54) is 15.6 Å². The standard InChI is InChI=1S/C17H18F3N3O2/c1-10-6-15(22(2)21-10)16(25)23-9-13(24)8-14(23)11-4-3-5-12(7-11)17(18,19)20/h3-7,13-14,24H,8-9H2,1-2H3/t13-,14-/m0/s1.